The molecule has 0 aromatic heterocycles. The molecule has 3 atom stereocenters. The summed E-state index contributed by atoms with van der Waals surface area (Å²) in [5.41, 5.74) is 10.9. The molecule has 2 aliphatic rings. The number of nitrogens with two attached hydrogens (primary N) is 2. The van der Waals surface area contributed by atoms with E-state index < -0.39 is 6.03 Å². The Balaban J connectivity index is 1.87. The number of hydrogen-bond donors (Lipinski definition) is 3. The topological polar surface area (TPSA) is 101 Å². The molecule has 1 saturated heterocycles. The van der Waals surface area contributed by atoms with Gasteiger partial charge in [-0.1, -0.05) is 6.42 Å². The summed E-state index contributed by atoms with van der Waals surface area (Å²) < 4.78 is 0. The number of piperidine rings is 1. The highest BCUT2D eigenvalue weighted by atomic mass is 16.2. The predicted molar refractivity (Wildman–Crippen MR) is 76.8 cm³/mol. The molecule has 6 heteroatoms. The summed E-state index contributed by atoms with van der Waals surface area (Å²) in [4.78, 5) is 25.3. The SMILES string of the molecule is NCC1CCCC1C(=O)N1CCCC(CNC(N)=O)C1. The van der Waals surface area contributed by atoms with Crippen molar-refractivity contribution in [1.29, 1.82) is 0 Å². The normalized spacial score (nSPS) is 30.2. The molecule has 0 aromatic rings. The molecular formula is C14H26N4O2. The van der Waals surface area contributed by atoms with Gasteiger partial charge in [-0.25, -0.2) is 4.79 Å². The molecule has 1 aliphatic heterocycles. The van der Waals surface area contributed by atoms with Gasteiger partial charge >= 0.3 is 6.03 Å². The molecule has 1 aliphatic carbocycles. The molecule has 2 fully saturated rings. The van der Waals surface area contributed by atoms with Gasteiger partial charge < -0.3 is 21.7 Å². The van der Waals surface area contributed by atoms with Gasteiger partial charge in [-0.2, -0.15) is 0 Å². The predicted octanol–water partition coefficient (Wildman–Crippen LogP) is 0.268. The number of urea groups is 1. The minimum atomic E-state index is -0.493. The second-order valence-electron chi connectivity index (χ2n) is 6.07. The number of rotatable bonds is 4. The molecule has 5 N–H and O–H groups in total. The summed E-state index contributed by atoms with van der Waals surface area (Å²) in [6.07, 6.45) is 5.19. The number of nitrogens with zero attached hydrogens (tertiary/aromatic N) is 1. The maximum atomic E-state index is 12.6. The first-order valence-corrected chi connectivity index (χ1v) is 7.64. The van der Waals surface area contributed by atoms with Gasteiger partial charge in [0.05, 0.1) is 0 Å². The summed E-state index contributed by atoms with van der Waals surface area (Å²) in [6, 6.07) is -0.493. The van der Waals surface area contributed by atoms with Crippen molar-refractivity contribution in [2.45, 2.75) is 32.1 Å². The van der Waals surface area contributed by atoms with Gasteiger partial charge in [0.25, 0.3) is 0 Å². The largest absolute Gasteiger partial charge is 0.352 e. The van der Waals surface area contributed by atoms with Crippen LogP contribution in [-0.4, -0.2) is 43.0 Å². The molecule has 6 nitrogen and oxygen atoms in total. The minimum absolute atomic E-state index is 0.114. The van der Waals surface area contributed by atoms with E-state index in [2.05, 4.69) is 5.32 Å². The Morgan fingerprint density at radius 1 is 1.20 bits per heavy atom. The van der Waals surface area contributed by atoms with Crippen LogP contribution >= 0.6 is 0 Å². The van der Waals surface area contributed by atoms with Crippen molar-refractivity contribution >= 4 is 11.9 Å². The lowest BCUT2D eigenvalue weighted by atomic mass is 9.92. The molecule has 20 heavy (non-hydrogen) atoms. The summed E-state index contributed by atoms with van der Waals surface area (Å²) in [5.74, 6) is 1.05. The second-order valence-corrected chi connectivity index (χ2v) is 6.07. The van der Waals surface area contributed by atoms with Crippen LogP contribution in [0.4, 0.5) is 4.79 Å². The third-order valence-corrected chi connectivity index (χ3v) is 4.67. The van der Waals surface area contributed by atoms with E-state index in [0.717, 1.165) is 45.2 Å². The van der Waals surface area contributed by atoms with E-state index in [-0.39, 0.29) is 11.8 Å². The third kappa shape index (κ3) is 3.62. The average Bonchev–Trinajstić information content (AvgIpc) is 2.93. The number of carbonyl (C=O) groups is 2. The molecule has 3 amide bonds. The highest BCUT2D eigenvalue weighted by Gasteiger charge is 2.36. The lowest BCUT2D eigenvalue weighted by Gasteiger charge is -2.35. The monoisotopic (exact) mass is 282 g/mol. The van der Waals surface area contributed by atoms with E-state index >= 15 is 0 Å². The molecule has 3 unspecified atom stereocenters. The first-order valence-electron chi connectivity index (χ1n) is 7.64. The maximum absolute atomic E-state index is 12.6. The van der Waals surface area contributed by atoms with Crippen molar-refractivity contribution in [2.75, 3.05) is 26.2 Å². The maximum Gasteiger partial charge on any atom is 0.312 e. The molecule has 2 rings (SSSR count). The summed E-state index contributed by atoms with van der Waals surface area (Å²) >= 11 is 0. The fraction of sp³-hybridized carbons (Fsp3) is 0.857. The Hall–Kier alpha value is -1.30. The fourth-order valence-electron chi connectivity index (χ4n) is 3.56. The molecular weight excluding hydrogens is 256 g/mol. The molecule has 0 spiro atoms. The zero-order valence-electron chi connectivity index (χ0n) is 12.0. The molecule has 0 radical (unpaired) electrons. The van der Waals surface area contributed by atoms with Gasteiger partial charge in [0.15, 0.2) is 0 Å². The second kappa shape index (κ2) is 6.92. The quantitative estimate of drug-likeness (QED) is 0.689. The Labute approximate surface area is 120 Å². The summed E-state index contributed by atoms with van der Waals surface area (Å²) in [6.45, 7) is 2.73. The van der Waals surface area contributed by atoms with Crippen LogP contribution in [0.1, 0.15) is 32.1 Å². The van der Waals surface area contributed by atoms with Crippen molar-refractivity contribution in [1.82, 2.24) is 10.2 Å². The van der Waals surface area contributed by atoms with E-state index in [1.807, 2.05) is 4.90 Å². The Morgan fingerprint density at radius 2 is 2.00 bits per heavy atom. The number of nitrogens with one attached hydrogen (secondary N) is 1. The molecule has 114 valence electrons. The minimum Gasteiger partial charge on any atom is -0.352 e. The van der Waals surface area contributed by atoms with E-state index in [9.17, 15) is 9.59 Å². The first-order chi connectivity index (χ1) is 9.61. The van der Waals surface area contributed by atoms with Gasteiger partial charge in [0, 0.05) is 25.6 Å². The standard InChI is InChI=1S/C14H26N4O2/c15-7-11-4-1-5-12(11)13(19)18-6-2-3-10(9-18)8-17-14(16)20/h10-12H,1-9,15H2,(H3,16,17,20). The van der Waals surface area contributed by atoms with E-state index in [1.165, 1.54) is 0 Å². The Morgan fingerprint density at radius 3 is 2.70 bits per heavy atom. The molecule has 1 heterocycles. The first kappa shape index (κ1) is 15.1. The van der Waals surface area contributed by atoms with Crippen molar-refractivity contribution in [3.63, 3.8) is 0 Å². The third-order valence-electron chi connectivity index (χ3n) is 4.67. The van der Waals surface area contributed by atoms with Crippen LogP contribution in [0.3, 0.4) is 0 Å². The van der Waals surface area contributed by atoms with Crippen LogP contribution in [-0.2, 0) is 4.79 Å². The van der Waals surface area contributed by atoms with E-state index in [0.29, 0.717) is 24.9 Å². The van der Waals surface area contributed by atoms with Crippen LogP contribution in [0.15, 0.2) is 0 Å². The number of hydrogen-bond acceptors (Lipinski definition) is 3. The van der Waals surface area contributed by atoms with E-state index in [1.54, 1.807) is 0 Å². The van der Waals surface area contributed by atoms with Gasteiger partial charge in [-0.05, 0) is 44.1 Å². The van der Waals surface area contributed by atoms with Crippen LogP contribution in [0.2, 0.25) is 0 Å². The van der Waals surface area contributed by atoms with Gasteiger partial charge in [0.2, 0.25) is 5.91 Å². The number of primary amides is 1. The Kier molecular flexibility index (Phi) is 5.23. The van der Waals surface area contributed by atoms with Gasteiger partial charge in [-0.3, -0.25) is 4.79 Å². The highest BCUT2D eigenvalue weighted by molar-refractivity contribution is 5.79. The van der Waals surface area contributed by atoms with Crippen molar-refractivity contribution in [2.24, 2.45) is 29.2 Å². The average molecular weight is 282 g/mol. The van der Waals surface area contributed by atoms with Gasteiger partial charge in [-0.15, -0.1) is 0 Å². The van der Waals surface area contributed by atoms with Gasteiger partial charge in [0.1, 0.15) is 0 Å². The summed E-state index contributed by atoms with van der Waals surface area (Å²) in [5, 5.41) is 2.65. The van der Waals surface area contributed by atoms with Crippen molar-refractivity contribution in [3.05, 3.63) is 0 Å². The van der Waals surface area contributed by atoms with Crippen molar-refractivity contribution in [3.8, 4) is 0 Å². The number of amides is 3. The zero-order chi connectivity index (χ0) is 14.5. The zero-order valence-corrected chi connectivity index (χ0v) is 12.0. The lowest BCUT2D eigenvalue weighted by Crippen LogP contribution is -2.47. The molecule has 1 saturated carbocycles. The molecule has 0 bridgehead atoms. The van der Waals surface area contributed by atoms with Crippen LogP contribution in [0.25, 0.3) is 0 Å². The lowest BCUT2D eigenvalue weighted by molar-refractivity contribution is -0.138. The molecule has 0 aromatic carbocycles. The van der Waals surface area contributed by atoms with E-state index in [4.69, 9.17) is 11.5 Å². The van der Waals surface area contributed by atoms with Crippen LogP contribution in [0, 0.1) is 17.8 Å². The smallest absolute Gasteiger partial charge is 0.312 e. The number of likely N-dealkylation sites (tertiary alicyclic amines) is 1. The van der Waals surface area contributed by atoms with Crippen LogP contribution in [0.5, 0.6) is 0 Å². The van der Waals surface area contributed by atoms with Crippen molar-refractivity contribution < 1.29 is 9.59 Å². The summed E-state index contributed by atoms with van der Waals surface area (Å²) in [7, 11) is 0. The van der Waals surface area contributed by atoms with Crippen LogP contribution < -0.4 is 16.8 Å². The Bertz CT molecular complexity index is 361. The number of carbonyl (C=O) groups excluding carboxylic acids is 2. The highest BCUT2D eigenvalue weighted by Crippen LogP contribution is 2.33. The fourth-order valence-corrected chi connectivity index (χ4v) is 3.56.